The minimum atomic E-state index is 0.0834. The molecule has 0 radical (unpaired) electrons. The van der Waals surface area contributed by atoms with Crippen molar-refractivity contribution >= 4 is 23.2 Å². The fraction of sp³-hybridized carbons (Fsp3) is 0.368. The third-order valence-electron chi connectivity index (χ3n) is 4.46. The molecule has 2 N–H and O–H groups in total. The summed E-state index contributed by atoms with van der Waals surface area (Å²) in [6, 6.07) is 13.5. The van der Waals surface area contributed by atoms with Crippen LogP contribution in [0.3, 0.4) is 0 Å². The van der Waals surface area contributed by atoms with Crippen LogP contribution >= 0.6 is 11.3 Å². The number of benzene rings is 1. The molecule has 1 aromatic carbocycles. The van der Waals surface area contributed by atoms with E-state index in [1.807, 2.05) is 41.3 Å². The zero-order chi connectivity index (χ0) is 17.5. The van der Waals surface area contributed by atoms with Crippen molar-refractivity contribution in [1.29, 1.82) is 0 Å². The first kappa shape index (κ1) is 17.6. The summed E-state index contributed by atoms with van der Waals surface area (Å²) in [5.74, 6) is 0.175. The molecule has 0 saturated carbocycles. The van der Waals surface area contributed by atoms with Crippen molar-refractivity contribution in [3.63, 3.8) is 0 Å². The molecule has 2 amide bonds. The molecule has 0 spiro atoms. The van der Waals surface area contributed by atoms with Crippen molar-refractivity contribution in [3.05, 3.63) is 58.3 Å². The van der Waals surface area contributed by atoms with Gasteiger partial charge in [-0.3, -0.25) is 9.59 Å². The van der Waals surface area contributed by atoms with Gasteiger partial charge in [-0.2, -0.15) is 0 Å². The van der Waals surface area contributed by atoms with Gasteiger partial charge < -0.3 is 15.1 Å². The number of hydrogen-bond acceptors (Lipinski definition) is 3. The second-order valence-corrected chi connectivity index (χ2v) is 7.30. The van der Waals surface area contributed by atoms with Crippen LogP contribution in [0.4, 0.5) is 0 Å². The number of quaternary nitrogens is 1. The van der Waals surface area contributed by atoms with Gasteiger partial charge in [-0.1, -0.05) is 24.3 Å². The Kier molecular flexibility index (Phi) is 6.19. The Morgan fingerprint density at radius 3 is 2.52 bits per heavy atom. The van der Waals surface area contributed by atoms with Crippen LogP contribution in [0.15, 0.2) is 47.8 Å². The highest BCUT2D eigenvalue weighted by atomic mass is 32.1. The van der Waals surface area contributed by atoms with Gasteiger partial charge in [0.05, 0.1) is 26.2 Å². The average Bonchev–Trinajstić information content (AvgIpc) is 3.16. The molecular weight excluding hydrogens is 334 g/mol. The Hall–Kier alpha value is -2.18. The molecule has 1 fully saturated rings. The number of carbonyl (C=O) groups is 2. The lowest BCUT2D eigenvalue weighted by molar-refractivity contribution is -0.896. The molecule has 1 saturated heterocycles. The topological polar surface area (TPSA) is 53.9 Å². The van der Waals surface area contributed by atoms with Gasteiger partial charge in [-0.05, 0) is 30.0 Å². The molecular formula is C19H24N3O2S+. The zero-order valence-electron chi connectivity index (χ0n) is 14.2. The third kappa shape index (κ3) is 5.14. The number of thiophene rings is 1. The minimum Gasteiger partial charge on any atom is -0.351 e. The van der Waals surface area contributed by atoms with Gasteiger partial charge in [0.25, 0.3) is 11.8 Å². The van der Waals surface area contributed by atoms with Crippen LogP contribution in [-0.2, 0) is 11.2 Å². The Labute approximate surface area is 152 Å². The zero-order valence-corrected chi connectivity index (χ0v) is 15.1. The highest BCUT2D eigenvalue weighted by molar-refractivity contribution is 7.09. The van der Waals surface area contributed by atoms with E-state index in [2.05, 4.69) is 16.8 Å². The Balaban J connectivity index is 1.37. The molecule has 0 unspecified atom stereocenters. The molecule has 0 aliphatic carbocycles. The molecule has 25 heavy (non-hydrogen) atoms. The van der Waals surface area contributed by atoms with E-state index in [9.17, 15) is 9.59 Å². The van der Waals surface area contributed by atoms with E-state index < -0.39 is 0 Å². The molecule has 132 valence electrons. The first-order valence-electron chi connectivity index (χ1n) is 8.69. The van der Waals surface area contributed by atoms with Crippen LogP contribution < -0.4 is 10.2 Å². The molecule has 2 aromatic rings. The highest BCUT2D eigenvalue weighted by Gasteiger charge is 2.25. The van der Waals surface area contributed by atoms with Gasteiger partial charge in [0.15, 0.2) is 6.54 Å². The maximum Gasteiger partial charge on any atom is 0.275 e. The summed E-state index contributed by atoms with van der Waals surface area (Å²) in [6.07, 6.45) is 0.887. The lowest BCUT2D eigenvalue weighted by Gasteiger charge is -2.32. The Bertz CT molecular complexity index is 680. The molecule has 0 bridgehead atoms. The highest BCUT2D eigenvalue weighted by Crippen LogP contribution is 2.08. The summed E-state index contributed by atoms with van der Waals surface area (Å²) in [4.78, 5) is 28.9. The standard InChI is InChI=1S/C19H23N3O2S/c23-18(20-9-8-17-7-4-14-25-17)15-21-10-12-22(13-11-21)19(24)16-5-2-1-3-6-16/h1-7,14H,8-13,15H2,(H,20,23)/p+1. The predicted octanol–water partition coefficient (Wildman–Crippen LogP) is 0.448. The van der Waals surface area contributed by atoms with Crippen LogP contribution in [0.5, 0.6) is 0 Å². The second kappa shape index (κ2) is 8.78. The van der Waals surface area contributed by atoms with E-state index in [0.717, 1.165) is 25.1 Å². The first-order chi connectivity index (χ1) is 12.2. The van der Waals surface area contributed by atoms with E-state index in [-0.39, 0.29) is 11.8 Å². The van der Waals surface area contributed by atoms with E-state index >= 15 is 0 Å². The maximum atomic E-state index is 12.4. The van der Waals surface area contributed by atoms with Crippen molar-refractivity contribution in [2.75, 3.05) is 39.3 Å². The van der Waals surface area contributed by atoms with E-state index in [1.165, 1.54) is 9.78 Å². The first-order valence-corrected chi connectivity index (χ1v) is 9.57. The summed E-state index contributed by atoms with van der Waals surface area (Å²) in [6.45, 7) is 4.20. The van der Waals surface area contributed by atoms with Gasteiger partial charge in [-0.15, -0.1) is 11.3 Å². The second-order valence-electron chi connectivity index (χ2n) is 6.26. The number of carbonyl (C=O) groups excluding carboxylic acids is 2. The summed E-state index contributed by atoms with van der Waals surface area (Å²) in [7, 11) is 0. The molecule has 1 aliphatic heterocycles. The van der Waals surface area contributed by atoms with Gasteiger partial charge >= 0.3 is 0 Å². The van der Waals surface area contributed by atoms with Crippen molar-refractivity contribution in [2.45, 2.75) is 6.42 Å². The van der Waals surface area contributed by atoms with E-state index in [1.54, 1.807) is 11.3 Å². The third-order valence-corrected chi connectivity index (χ3v) is 5.40. The van der Waals surface area contributed by atoms with Crippen molar-refractivity contribution < 1.29 is 14.5 Å². The number of nitrogens with one attached hydrogen (secondary N) is 2. The van der Waals surface area contributed by atoms with Gasteiger partial charge in [0.2, 0.25) is 0 Å². The molecule has 2 heterocycles. The van der Waals surface area contributed by atoms with Crippen molar-refractivity contribution in [3.8, 4) is 0 Å². The number of nitrogens with zero attached hydrogens (tertiary/aromatic N) is 1. The quantitative estimate of drug-likeness (QED) is 0.788. The summed E-state index contributed by atoms with van der Waals surface area (Å²) < 4.78 is 0. The minimum absolute atomic E-state index is 0.0834. The lowest BCUT2D eigenvalue weighted by Crippen LogP contribution is -3.15. The molecule has 0 atom stereocenters. The Morgan fingerprint density at radius 2 is 1.84 bits per heavy atom. The van der Waals surface area contributed by atoms with Gasteiger partial charge in [-0.25, -0.2) is 0 Å². The van der Waals surface area contributed by atoms with Crippen molar-refractivity contribution in [2.24, 2.45) is 0 Å². The average molecular weight is 358 g/mol. The van der Waals surface area contributed by atoms with Crippen LogP contribution in [0.2, 0.25) is 0 Å². The smallest absolute Gasteiger partial charge is 0.275 e. The molecule has 3 rings (SSSR count). The normalized spacial score (nSPS) is 15.1. The molecule has 5 nitrogen and oxygen atoms in total. The fourth-order valence-corrected chi connectivity index (χ4v) is 3.74. The SMILES string of the molecule is O=C(C[NH+]1CCN(C(=O)c2ccccc2)CC1)NCCc1cccs1. The largest absolute Gasteiger partial charge is 0.351 e. The van der Waals surface area contributed by atoms with Crippen LogP contribution in [0, 0.1) is 0 Å². The lowest BCUT2D eigenvalue weighted by atomic mass is 10.2. The molecule has 6 heteroatoms. The van der Waals surface area contributed by atoms with Crippen LogP contribution in [-0.4, -0.2) is 56.0 Å². The molecule has 1 aromatic heterocycles. The number of hydrogen-bond donors (Lipinski definition) is 2. The number of amides is 2. The van der Waals surface area contributed by atoms with Gasteiger partial charge in [0.1, 0.15) is 0 Å². The van der Waals surface area contributed by atoms with Crippen LogP contribution in [0.25, 0.3) is 0 Å². The summed E-state index contributed by atoms with van der Waals surface area (Å²) in [5, 5.41) is 5.05. The molecule has 1 aliphatic rings. The fourth-order valence-electron chi connectivity index (χ4n) is 3.04. The van der Waals surface area contributed by atoms with E-state index in [0.29, 0.717) is 26.2 Å². The maximum absolute atomic E-state index is 12.4. The number of rotatable bonds is 6. The predicted molar refractivity (Wildman–Crippen MR) is 98.9 cm³/mol. The number of piperazine rings is 1. The van der Waals surface area contributed by atoms with Gasteiger partial charge in [0, 0.05) is 17.0 Å². The van der Waals surface area contributed by atoms with Crippen molar-refractivity contribution in [1.82, 2.24) is 10.2 Å². The monoisotopic (exact) mass is 358 g/mol. The van der Waals surface area contributed by atoms with E-state index in [4.69, 9.17) is 0 Å². The summed E-state index contributed by atoms with van der Waals surface area (Å²) >= 11 is 1.72. The van der Waals surface area contributed by atoms with Crippen LogP contribution in [0.1, 0.15) is 15.2 Å². The Morgan fingerprint density at radius 1 is 1.08 bits per heavy atom. The summed E-state index contributed by atoms with van der Waals surface area (Å²) in [5.41, 5.74) is 0.734.